The third-order valence-electron chi connectivity index (χ3n) is 3.71. The number of amides is 1. The van der Waals surface area contributed by atoms with E-state index in [1.54, 1.807) is 12.0 Å². The van der Waals surface area contributed by atoms with Crippen LogP contribution in [0.15, 0.2) is 0 Å². The van der Waals surface area contributed by atoms with Crippen LogP contribution >= 0.6 is 0 Å². The molecule has 0 aromatic heterocycles. The Balaban J connectivity index is 2.86. The number of nitrogens with two attached hydrogens (primary N) is 1. The summed E-state index contributed by atoms with van der Waals surface area (Å²) in [5.74, 6) is 0. The molecular weight excluding hydrogens is 244 g/mol. The SMILES string of the molecule is COC(C)(CN)C1CCCCN1C(=O)OC(C)(C)C. The summed E-state index contributed by atoms with van der Waals surface area (Å²) in [5, 5.41) is 0. The zero-order valence-corrected chi connectivity index (χ0v) is 12.9. The molecule has 0 saturated carbocycles. The molecule has 1 amide bonds. The van der Waals surface area contributed by atoms with Gasteiger partial charge in [0.15, 0.2) is 0 Å². The van der Waals surface area contributed by atoms with Crippen LogP contribution in [0.4, 0.5) is 4.79 Å². The Labute approximate surface area is 116 Å². The third kappa shape index (κ3) is 4.08. The van der Waals surface area contributed by atoms with E-state index in [1.807, 2.05) is 27.7 Å². The maximum absolute atomic E-state index is 12.3. The number of carbonyl (C=O) groups is 1. The van der Waals surface area contributed by atoms with Crippen molar-refractivity contribution in [1.82, 2.24) is 4.90 Å². The highest BCUT2D eigenvalue weighted by Crippen LogP contribution is 2.29. The van der Waals surface area contributed by atoms with E-state index >= 15 is 0 Å². The molecule has 1 aliphatic heterocycles. The molecule has 1 fully saturated rings. The second kappa shape index (κ2) is 6.09. The molecule has 0 bridgehead atoms. The van der Waals surface area contributed by atoms with Crippen LogP contribution < -0.4 is 5.73 Å². The third-order valence-corrected chi connectivity index (χ3v) is 3.71. The van der Waals surface area contributed by atoms with E-state index in [1.165, 1.54) is 0 Å². The molecule has 0 aliphatic carbocycles. The molecule has 2 unspecified atom stereocenters. The number of piperidine rings is 1. The van der Waals surface area contributed by atoms with E-state index < -0.39 is 11.2 Å². The lowest BCUT2D eigenvalue weighted by Gasteiger charge is -2.45. The quantitative estimate of drug-likeness (QED) is 0.855. The van der Waals surface area contributed by atoms with Gasteiger partial charge in [0, 0.05) is 20.2 Å². The van der Waals surface area contributed by atoms with Gasteiger partial charge in [0.25, 0.3) is 0 Å². The van der Waals surface area contributed by atoms with E-state index in [9.17, 15) is 4.79 Å². The van der Waals surface area contributed by atoms with E-state index in [0.717, 1.165) is 19.3 Å². The van der Waals surface area contributed by atoms with Gasteiger partial charge in [0.1, 0.15) is 5.60 Å². The smallest absolute Gasteiger partial charge is 0.410 e. The standard InChI is InChI=1S/C14H28N2O3/c1-13(2,3)19-12(17)16-9-7-6-8-11(16)14(4,10-15)18-5/h11H,6-10,15H2,1-5H3. The fraction of sp³-hybridized carbons (Fsp3) is 0.929. The molecule has 0 aromatic carbocycles. The summed E-state index contributed by atoms with van der Waals surface area (Å²) >= 11 is 0. The molecule has 5 heteroatoms. The zero-order valence-electron chi connectivity index (χ0n) is 12.9. The summed E-state index contributed by atoms with van der Waals surface area (Å²) < 4.78 is 11.0. The van der Waals surface area contributed by atoms with Crippen LogP contribution in [-0.4, -0.2) is 48.4 Å². The van der Waals surface area contributed by atoms with Gasteiger partial charge in [-0.1, -0.05) is 0 Å². The van der Waals surface area contributed by atoms with Crippen molar-refractivity contribution >= 4 is 6.09 Å². The monoisotopic (exact) mass is 272 g/mol. The first-order chi connectivity index (χ1) is 8.73. The summed E-state index contributed by atoms with van der Waals surface area (Å²) in [6.07, 6.45) is 2.72. The summed E-state index contributed by atoms with van der Waals surface area (Å²) in [7, 11) is 1.65. The Morgan fingerprint density at radius 3 is 2.42 bits per heavy atom. The van der Waals surface area contributed by atoms with Crippen molar-refractivity contribution in [2.75, 3.05) is 20.2 Å². The predicted molar refractivity (Wildman–Crippen MR) is 75.0 cm³/mol. The van der Waals surface area contributed by atoms with E-state index in [-0.39, 0.29) is 12.1 Å². The van der Waals surface area contributed by atoms with Crippen LogP contribution in [-0.2, 0) is 9.47 Å². The average Bonchev–Trinajstić information content (AvgIpc) is 2.36. The van der Waals surface area contributed by atoms with Crippen molar-refractivity contribution in [3.05, 3.63) is 0 Å². The van der Waals surface area contributed by atoms with Gasteiger partial charge >= 0.3 is 6.09 Å². The number of methoxy groups -OCH3 is 1. The zero-order chi connectivity index (χ0) is 14.7. The van der Waals surface area contributed by atoms with Crippen LogP contribution in [0.5, 0.6) is 0 Å². The van der Waals surface area contributed by atoms with Crippen LogP contribution in [0.25, 0.3) is 0 Å². The number of hydrogen-bond donors (Lipinski definition) is 1. The summed E-state index contributed by atoms with van der Waals surface area (Å²) in [6, 6.07) is -0.0221. The van der Waals surface area contributed by atoms with Gasteiger partial charge < -0.3 is 20.1 Å². The van der Waals surface area contributed by atoms with Crippen molar-refractivity contribution in [1.29, 1.82) is 0 Å². The molecule has 0 spiro atoms. The molecule has 2 N–H and O–H groups in total. The minimum absolute atomic E-state index is 0.0221. The fourth-order valence-electron chi connectivity index (χ4n) is 2.46. The number of carbonyl (C=O) groups excluding carboxylic acids is 1. The van der Waals surface area contributed by atoms with Gasteiger partial charge in [-0.3, -0.25) is 0 Å². The highest BCUT2D eigenvalue weighted by molar-refractivity contribution is 5.69. The summed E-state index contributed by atoms with van der Waals surface area (Å²) in [6.45, 7) is 8.68. The Morgan fingerprint density at radius 1 is 1.32 bits per heavy atom. The van der Waals surface area contributed by atoms with Gasteiger partial charge in [-0.15, -0.1) is 0 Å². The predicted octanol–water partition coefficient (Wildman–Crippen LogP) is 2.14. The number of ether oxygens (including phenoxy) is 2. The maximum Gasteiger partial charge on any atom is 0.410 e. The van der Waals surface area contributed by atoms with Gasteiger partial charge in [0.2, 0.25) is 0 Å². The molecule has 1 rings (SSSR count). The lowest BCUT2D eigenvalue weighted by atomic mass is 9.87. The largest absolute Gasteiger partial charge is 0.444 e. The lowest BCUT2D eigenvalue weighted by Crippen LogP contribution is -2.59. The molecule has 112 valence electrons. The highest BCUT2D eigenvalue weighted by Gasteiger charge is 2.42. The van der Waals surface area contributed by atoms with Crippen LogP contribution in [0.3, 0.4) is 0 Å². The summed E-state index contributed by atoms with van der Waals surface area (Å²) in [4.78, 5) is 14.1. The van der Waals surface area contributed by atoms with Crippen LogP contribution in [0.2, 0.25) is 0 Å². The Morgan fingerprint density at radius 2 is 1.95 bits per heavy atom. The van der Waals surface area contributed by atoms with Gasteiger partial charge in [-0.2, -0.15) is 0 Å². The minimum atomic E-state index is -0.517. The molecule has 2 atom stereocenters. The van der Waals surface area contributed by atoms with E-state index in [4.69, 9.17) is 15.2 Å². The first-order valence-corrected chi connectivity index (χ1v) is 6.98. The molecule has 1 heterocycles. The minimum Gasteiger partial charge on any atom is -0.444 e. The normalized spacial score (nSPS) is 23.9. The van der Waals surface area contributed by atoms with Gasteiger partial charge in [0.05, 0.1) is 11.6 Å². The van der Waals surface area contributed by atoms with E-state index in [0.29, 0.717) is 13.1 Å². The Kier molecular flexibility index (Phi) is 5.21. The highest BCUT2D eigenvalue weighted by atomic mass is 16.6. The number of nitrogens with zero attached hydrogens (tertiary/aromatic N) is 1. The number of hydrogen-bond acceptors (Lipinski definition) is 4. The molecule has 0 aromatic rings. The first-order valence-electron chi connectivity index (χ1n) is 6.98. The lowest BCUT2D eigenvalue weighted by molar-refractivity contribution is -0.0759. The Hall–Kier alpha value is -0.810. The van der Waals surface area contributed by atoms with Crippen LogP contribution in [0.1, 0.15) is 47.0 Å². The van der Waals surface area contributed by atoms with Crippen LogP contribution in [0, 0.1) is 0 Å². The number of rotatable bonds is 3. The van der Waals surface area contributed by atoms with Crippen molar-refractivity contribution in [3.63, 3.8) is 0 Å². The fourth-order valence-corrected chi connectivity index (χ4v) is 2.46. The maximum atomic E-state index is 12.3. The second-order valence-electron chi connectivity index (χ2n) is 6.41. The molecule has 1 aliphatic rings. The van der Waals surface area contributed by atoms with E-state index in [2.05, 4.69) is 0 Å². The first kappa shape index (κ1) is 16.2. The summed E-state index contributed by atoms with van der Waals surface area (Å²) in [5.41, 5.74) is 4.84. The topological polar surface area (TPSA) is 64.8 Å². The van der Waals surface area contributed by atoms with Crippen molar-refractivity contribution in [3.8, 4) is 0 Å². The van der Waals surface area contributed by atoms with Crippen molar-refractivity contribution in [2.24, 2.45) is 5.73 Å². The van der Waals surface area contributed by atoms with Gasteiger partial charge in [-0.05, 0) is 47.0 Å². The van der Waals surface area contributed by atoms with Crippen molar-refractivity contribution < 1.29 is 14.3 Å². The molecule has 1 saturated heterocycles. The molecule has 5 nitrogen and oxygen atoms in total. The molecule has 0 radical (unpaired) electrons. The van der Waals surface area contributed by atoms with Crippen molar-refractivity contribution in [2.45, 2.75) is 64.2 Å². The molecular formula is C14H28N2O3. The average molecular weight is 272 g/mol. The van der Waals surface area contributed by atoms with Gasteiger partial charge in [-0.25, -0.2) is 4.79 Å². The Bertz CT molecular complexity index is 308. The number of likely N-dealkylation sites (tertiary alicyclic amines) is 1. The second-order valence-corrected chi connectivity index (χ2v) is 6.41. The molecule has 19 heavy (non-hydrogen) atoms.